The molecule has 1 amide bonds. The number of anilines is 1. The number of morpholine rings is 1. The van der Waals surface area contributed by atoms with Gasteiger partial charge in [0.05, 0.1) is 40.5 Å². The highest BCUT2D eigenvalue weighted by atomic mass is 35.5. The predicted octanol–water partition coefficient (Wildman–Crippen LogP) is 4.53. The standard InChI is InChI=1S/C39H36ClF4N9O4S/c1-38(19-47-10-11-57-38)9-8-23-4-5-24(25-6-7-28(40)33-35(25)53(2)51-37(33)52-58(3,55)56)34(49-23)30(14-20-12-21(41)15-22(42)13-20)50-31(54)18-48-36-32(29(46)17-45)26-16-27(26)39(36,43)44/h4-7,12-13,15,26-27,30,47H,10-11,14,16,18-19,46H2,1-3H3,(H,50,54)(H,51,52)/t26-,27+,30-,38+/m0/s1. The van der Waals surface area contributed by atoms with Crippen LogP contribution >= 0.6 is 11.6 Å². The largest absolute Gasteiger partial charge is 0.390 e. The van der Waals surface area contributed by atoms with E-state index in [4.69, 9.17) is 27.1 Å². The van der Waals surface area contributed by atoms with E-state index >= 15 is 8.78 Å². The van der Waals surface area contributed by atoms with Gasteiger partial charge in [0.25, 0.3) is 5.92 Å². The third kappa shape index (κ3) is 8.23. The van der Waals surface area contributed by atoms with Gasteiger partial charge >= 0.3 is 0 Å². The zero-order valence-corrected chi connectivity index (χ0v) is 32.8. The number of nitrogens with two attached hydrogens (primary N) is 1. The first-order valence-electron chi connectivity index (χ1n) is 18.0. The number of benzene rings is 2. The van der Waals surface area contributed by atoms with E-state index < -0.39 is 74.9 Å². The molecule has 0 bridgehead atoms. The molecule has 2 saturated carbocycles. The molecule has 3 fully saturated rings. The summed E-state index contributed by atoms with van der Waals surface area (Å²) in [6, 6.07) is 9.78. The van der Waals surface area contributed by atoms with Crippen LogP contribution in [0.3, 0.4) is 0 Å². The summed E-state index contributed by atoms with van der Waals surface area (Å²) < 4.78 is 94.0. The number of aryl methyl sites for hydroxylation is 1. The fourth-order valence-electron chi connectivity index (χ4n) is 7.48. The molecule has 2 aromatic heterocycles. The van der Waals surface area contributed by atoms with E-state index in [2.05, 4.69) is 37.3 Å². The van der Waals surface area contributed by atoms with Crippen LogP contribution < -0.4 is 21.1 Å². The monoisotopic (exact) mass is 837 g/mol. The van der Waals surface area contributed by atoms with Gasteiger partial charge in [0.15, 0.2) is 5.82 Å². The Morgan fingerprint density at radius 2 is 1.93 bits per heavy atom. The van der Waals surface area contributed by atoms with Crippen molar-refractivity contribution in [2.24, 2.45) is 29.6 Å². The number of nitrogens with zero attached hydrogens (tertiary/aromatic N) is 5. The normalized spacial score (nSPS) is 23.1. The first-order chi connectivity index (χ1) is 27.4. The molecule has 4 atom stereocenters. The average molecular weight is 838 g/mol. The summed E-state index contributed by atoms with van der Waals surface area (Å²) in [5.41, 5.74) is 5.33. The number of carbonyl (C=O) groups is 1. The lowest BCUT2D eigenvalue weighted by Gasteiger charge is -2.29. The van der Waals surface area contributed by atoms with Crippen molar-refractivity contribution in [3.63, 3.8) is 0 Å². The second-order valence-electron chi connectivity index (χ2n) is 14.6. The van der Waals surface area contributed by atoms with Crippen molar-refractivity contribution in [2.75, 3.05) is 37.2 Å². The Labute approximate surface area is 335 Å². The van der Waals surface area contributed by atoms with Crippen LogP contribution in [0.25, 0.3) is 22.0 Å². The predicted molar refractivity (Wildman–Crippen MR) is 208 cm³/mol. The van der Waals surface area contributed by atoms with Gasteiger partial charge in [-0.3, -0.25) is 19.2 Å². The van der Waals surface area contributed by atoms with Crippen LogP contribution in [0, 0.1) is 46.6 Å². The van der Waals surface area contributed by atoms with E-state index in [1.54, 1.807) is 31.3 Å². The summed E-state index contributed by atoms with van der Waals surface area (Å²) >= 11 is 6.62. The third-order valence-electron chi connectivity index (χ3n) is 10.1. The Balaban J connectivity index is 1.37. The van der Waals surface area contributed by atoms with E-state index in [1.807, 2.05) is 6.92 Å². The highest BCUT2D eigenvalue weighted by Gasteiger charge is 2.67. The Morgan fingerprint density at radius 3 is 2.60 bits per heavy atom. The van der Waals surface area contributed by atoms with Gasteiger partial charge in [-0.15, -0.1) is 0 Å². The highest BCUT2D eigenvalue weighted by molar-refractivity contribution is 7.92. The van der Waals surface area contributed by atoms with Crippen molar-refractivity contribution < 1.29 is 35.5 Å². The van der Waals surface area contributed by atoms with Gasteiger partial charge in [-0.05, 0) is 67.5 Å². The minimum atomic E-state index is -3.80. The van der Waals surface area contributed by atoms with Crippen LogP contribution in [0.5, 0.6) is 0 Å². The van der Waals surface area contributed by atoms with Gasteiger partial charge in [-0.2, -0.15) is 19.1 Å². The lowest BCUT2D eigenvalue weighted by Crippen LogP contribution is -2.46. The number of amides is 1. The van der Waals surface area contributed by atoms with E-state index in [0.717, 1.165) is 18.4 Å². The lowest BCUT2D eigenvalue weighted by atomic mass is 9.93. The van der Waals surface area contributed by atoms with Crippen LogP contribution in [-0.4, -0.2) is 78.8 Å². The van der Waals surface area contributed by atoms with Gasteiger partial charge in [0.1, 0.15) is 47.0 Å². The fraction of sp³-hybridized carbons (Fsp3) is 0.359. The molecule has 302 valence electrons. The topological polar surface area (TPSA) is 189 Å². The molecule has 2 aliphatic carbocycles. The van der Waals surface area contributed by atoms with Crippen molar-refractivity contribution in [2.45, 2.75) is 37.3 Å². The first-order valence-corrected chi connectivity index (χ1v) is 20.2. The van der Waals surface area contributed by atoms with Gasteiger partial charge < -0.3 is 21.1 Å². The van der Waals surface area contributed by atoms with E-state index in [-0.39, 0.29) is 51.6 Å². The smallest absolute Gasteiger partial charge is 0.293 e. The minimum Gasteiger partial charge on any atom is -0.390 e. The maximum atomic E-state index is 15.3. The number of nitriles is 1. The van der Waals surface area contributed by atoms with E-state index in [1.165, 1.54) is 10.7 Å². The number of rotatable bonds is 9. The van der Waals surface area contributed by atoms with Gasteiger partial charge in [0, 0.05) is 48.8 Å². The molecule has 58 heavy (non-hydrogen) atoms. The zero-order valence-electron chi connectivity index (χ0n) is 31.3. The molecule has 19 heteroatoms. The summed E-state index contributed by atoms with van der Waals surface area (Å²) in [5, 5.41) is 20.2. The first kappa shape index (κ1) is 40.7. The van der Waals surface area contributed by atoms with Crippen LogP contribution in [0.15, 0.2) is 58.7 Å². The number of hydrogen-bond donors (Lipinski definition) is 4. The summed E-state index contributed by atoms with van der Waals surface area (Å²) in [4.78, 5) is 22.6. The summed E-state index contributed by atoms with van der Waals surface area (Å²) in [6.07, 6.45) is 0.841. The summed E-state index contributed by atoms with van der Waals surface area (Å²) in [7, 11) is -2.23. The molecule has 3 heterocycles. The Bertz CT molecular complexity index is 2620. The summed E-state index contributed by atoms with van der Waals surface area (Å²) in [5.74, 6) is -1.69. The Morgan fingerprint density at radius 1 is 1.21 bits per heavy atom. The van der Waals surface area contributed by atoms with Crippen LogP contribution in [0.4, 0.5) is 23.4 Å². The molecule has 0 radical (unpaired) electrons. The van der Waals surface area contributed by atoms with Crippen molar-refractivity contribution in [1.82, 2.24) is 25.4 Å². The highest BCUT2D eigenvalue weighted by Crippen LogP contribution is 2.61. The van der Waals surface area contributed by atoms with Crippen molar-refractivity contribution in [3.8, 4) is 29.0 Å². The number of fused-ring (bicyclic) bond motifs is 2. The molecule has 4 aromatic rings. The van der Waals surface area contributed by atoms with Crippen molar-refractivity contribution >= 4 is 50.0 Å². The van der Waals surface area contributed by atoms with E-state index in [0.29, 0.717) is 42.4 Å². The molecule has 2 aromatic carbocycles. The van der Waals surface area contributed by atoms with Crippen LogP contribution in [-0.2, 0) is 33.0 Å². The molecule has 1 saturated heterocycles. The van der Waals surface area contributed by atoms with Gasteiger partial charge in [0.2, 0.25) is 15.9 Å². The number of sulfonamides is 1. The fourth-order valence-corrected chi connectivity index (χ4v) is 8.21. The van der Waals surface area contributed by atoms with Crippen LogP contribution in [0.2, 0.25) is 5.02 Å². The number of ether oxygens (including phenoxy) is 1. The average Bonchev–Trinajstić information content (AvgIpc) is 3.84. The Kier molecular flexibility index (Phi) is 10.7. The third-order valence-corrected chi connectivity index (χ3v) is 10.9. The Hall–Kier alpha value is -5.53. The van der Waals surface area contributed by atoms with E-state index in [9.17, 15) is 27.3 Å². The SMILES string of the molecule is Cn1nc(NS(C)(=O)=O)c2c(Cl)ccc(-c3ccc(C#C[C@]4(C)CNCCO4)nc3[C@H](Cc3cc(F)cc(F)c3)NC(=O)CN=C3C(=C(N)C#N)[C@H]4C[C@H]4C3(F)F)c21. The molecule has 0 unspecified atom stereocenters. The minimum absolute atomic E-state index is 0.0517. The molecule has 5 N–H and O–H groups in total. The number of hydrogen-bond acceptors (Lipinski definition) is 10. The second-order valence-corrected chi connectivity index (χ2v) is 16.7. The lowest BCUT2D eigenvalue weighted by molar-refractivity contribution is -0.120. The van der Waals surface area contributed by atoms with Crippen molar-refractivity contribution in [1.29, 1.82) is 5.26 Å². The number of nitrogens with one attached hydrogen (secondary N) is 3. The number of halogens is 5. The number of aliphatic imine (C=N–C) groups is 1. The molecular formula is C39H36ClF4N9O4S. The summed E-state index contributed by atoms with van der Waals surface area (Å²) in [6.45, 7) is 2.50. The number of carbonyl (C=O) groups excluding carboxylic acids is 1. The molecule has 7 rings (SSSR count). The molecular weight excluding hydrogens is 802 g/mol. The van der Waals surface area contributed by atoms with Gasteiger partial charge in [-0.1, -0.05) is 23.6 Å². The molecule has 0 spiro atoms. The number of aromatic nitrogens is 3. The maximum absolute atomic E-state index is 15.3. The zero-order chi connectivity index (χ0) is 41.7. The molecule has 3 aliphatic rings. The molecule has 1 aliphatic heterocycles. The number of alkyl halides is 2. The molecule has 13 nitrogen and oxygen atoms in total. The van der Waals surface area contributed by atoms with Crippen molar-refractivity contribution in [3.05, 3.63) is 87.3 Å². The number of pyridine rings is 1. The number of allylic oxidation sites excluding steroid dienone is 2. The quantitative estimate of drug-likeness (QED) is 0.107. The second kappa shape index (κ2) is 15.3. The van der Waals surface area contributed by atoms with Crippen LogP contribution in [0.1, 0.15) is 36.3 Å². The van der Waals surface area contributed by atoms with Gasteiger partial charge in [-0.25, -0.2) is 22.2 Å². The maximum Gasteiger partial charge on any atom is 0.293 e.